The molecule has 0 aromatic heterocycles. The summed E-state index contributed by atoms with van der Waals surface area (Å²) in [7, 11) is 0. The summed E-state index contributed by atoms with van der Waals surface area (Å²) in [4.78, 5) is 3.84. The first-order valence-corrected chi connectivity index (χ1v) is 14.4. The van der Waals surface area contributed by atoms with Crippen LogP contribution in [0.4, 0.5) is 37.7 Å². The molecule has 0 fully saturated rings. The van der Waals surface area contributed by atoms with E-state index < -0.39 is 23.8 Å². The van der Waals surface area contributed by atoms with E-state index in [2.05, 4.69) is 10.3 Å². The van der Waals surface area contributed by atoms with Crippen LogP contribution >= 0.6 is 0 Å². The van der Waals surface area contributed by atoms with Gasteiger partial charge < -0.3 is 5.32 Å². The van der Waals surface area contributed by atoms with Crippen LogP contribution in [0.2, 0.25) is 0 Å². The quantitative estimate of drug-likeness (QED) is 0.130. The fourth-order valence-corrected chi connectivity index (χ4v) is 4.39. The standard InChI is InChI=1S/C29H35F6N2.C6H6.Cu/c1-16(2)20-11-9-12-21(17(3)4)26(20)36-24(28(30,31)32)15-25(29(33,34)35)37-27-22(18(5)6)13-10-14-23(27)19(7)8;1-2-4-6-5-3-1;/h9-19H,1-8H3;1-6H;/q-1;;+1/b24-15-,37-25?;;. The first-order chi connectivity index (χ1) is 19.9. The Morgan fingerprint density at radius 3 is 1.20 bits per heavy atom. The number of para-hydroxylation sites is 2. The summed E-state index contributed by atoms with van der Waals surface area (Å²) in [5.41, 5.74) is -1.10. The zero-order chi connectivity index (χ0) is 32.5. The second-order valence-corrected chi connectivity index (χ2v) is 11.5. The summed E-state index contributed by atoms with van der Waals surface area (Å²) in [6.45, 7) is 14.4. The number of halogens is 6. The van der Waals surface area contributed by atoms with Crippen LogP contribution in [0, 0.1) is 0 Å². The molecule has 3 aromatic rings. The normalized spacial score (nSPS) is 12.8. The monoisotopic (exact) mass is 666 g/mol. The summed E-state index contributed by atoms with van der Waals surface area (Å²) >= 11 is 0. The first kappa shape index (κ1) is 39.0. The van der Waals surface area contributed by atoms with E-state index in [1.165, 1.54) is 0 Å². The third-order valence-electron chi connectivity index (χ3n) is 6.67. The third-order valence-corrected chi connectivity index (χ3v) is 6.67. The summed E-state index contributed by atoms with van der Waals surface area (Å²) in [6.07, 6.45) is -10.2. The Morgan fingerprint density at radius 1 is 0.568 bits per heavy atom. The second-order valence-electron chi connectivity index (χ2n) is 11.5. The Kier molecular flexibility index (Phi) is 15.0. The predicted octanol–water partition coefficient (Wildman–Crippen LogP) is 12.7. The molecule has 9 heteroatoms. The van der Waals surface area contributed by atoms with Crippen LogP contribution in [0.5, 0.6) is 0 Å². The van der Waals surface area contributed by atoms with Gasteiger partial charge in [-0.2, -0.15) is 26.3 Å². The molecule has 0 heterocycles. The number of rotatable bonds is 8. The maximum Gasteiger partial charge on any atom is 1.00 e. The van der Waals surface area contributed by atoms with Crippen LogP contribution in [0.25, 0.3) is 5.32 Å². The number of alkyl halides is 6. The van der Waals surface area contributed by atoms with Gasteiger partial charge in [-0.05, 0) is 40.9 Å². The van der Waals surface area contributed by atoms with Gasteiger partial charge >= 0.3 is 29.4 Å². The van der Waals surface area contributed by atoms with Gasteiger partial charge in [-0.15, -0.1) is 5.69 Å². The van der Waals surface area contributed by atoms with E-state index in [1.807, 2.05) is 36.4 Å². The van der Waals surface area contributed by atoms with Gasteiger partial charge in [0, 0.05) is 0 Å². The molecule has 0 saturated heterocycles. The van der Waals surface area contributed by atoms with Gasteiger partial charge in [-0.25, -0.2) is 4.99 Å². The molecule has 0 aliphatic heterocycles. The van der Waals surface area contributed by atoms with Crippen LogP contribution < -0.4 is 0 Å². The van der Waals surface area contributed by atoms with Crippen molar-refractivity contribution < 1.29 is 43.4 Å². The third kappa shape index (κ3) is 11.2. The minimum atomic E-state index is -5.14. The Hall–Kier alpha value is -3.03. The van der Waals surface area contributed by atoms with Crippen LogP contribution in [0.1, 0.15) is 101 Å². The van der Waals surface area contributed by atoms with Crippen molar-refractivity contribution in [2.75, 3.05) is 0 Å². The van der Waals surface area contributed by atoms with E-state index in [0.29, 0.717) is 22.3 Å². The molecule has 0 saturated carbocycles. The Labute approximate surface area is 268 Å². The van der Waals surface area contributed by atoms with E-state index in [0.717, 1.165) is 0 Å². The van der Waals surface area contributed by atoms with E-state index in [1.54, 1.807) is 91.8 Å². The molecular formula is C35H41CuF6N2. The average Bonchev–Trinajstić information content (AvgIpc) is 2.91. The van der Waals surface area contributed by atoms with Crippen molar-refractivity contribution in [2.24, 2.45) is 4.99 Å². The molecule has 0 bridgehead atoms. The molecule has 0 spiro atoms. The number of hydrogen-bond acceptors (Lipinski definition) is 1. The molecule has 44 heavy (non-hydrogen) atoms. The van der Waals surface area contributed by atoms with Crippen molar-refractivity contribution in [1.82, 2.24) is 0 Å². The second kappa shape index (κ2) is 16.9. The molecule has 244 valence electrons. The molecule has 3 rings (SSSR count). The number of aliphatic imine (C=N–C) groups is 1. The first-order valence-electron chi connectivity index (χ1n) is 14.4. The van der Waals surface area contributed by atoms with E-state index >= 15 is 0 Å². The van der Waals surface area contributed by atoms with Crippen molar-refractivity contribution in [2.45, 2.75) is 91.4 Å². The number of nitrogens with zero attached hydrogens (tertiary/aromatic N) is 2. The molecule has 3 aromatic carbocycles. The Balaban J connectivity index is 0.00000123. The van der Waals surface area contributed by atoms with Gasteiger partial charge in [0.05, 0.1) is 5.69 Å². The fourth-order valence-electron chi connectivity index (χ4n) is 4.39. The van der Waals surface area contributed by atoms with Crippen LogP contribution in [-0.4, -0.2) is 18.1 Å². The van der Waals surface area contributed by atoms with Crippen molar-refractivity contribution >= 4 is 17.1 Å². The summed E-state index contributed by atoms with van der Waals surface area (Å²) in [5, 5.41) is 3.84. The van der Waals surface area contributed by atoms with Crippen LogP contribution in [0.15, 0.2) is 89.6 Å². The van der Waals surface area contributed by atoms with Crippen molar-refractivity contribution in [3.63, 3.8) is 0 Å². The molecule has 2 nitrogen and oxygen atoms in total. The number of benzene rings is 3. The Bertz CT molecular complexity index is 1290. The van der Waals surface area contributed by atoms with Gasteiger partial charge in [0.25, 0.3) is 0 Å². The van der Waals surface area contributed by atoms with Gasteiger partial charge in [0.1, 0.15) is 5.71 Å². The van der Waals surface area contributed by atoms with Crippen molar-refractivity contribution in [3.8, 4) is 0 Å². The maximum atomic E-state index is 14.2. The Morgan fingerprint density at radius 2 is 0.909 bits per heavy atom. The zero-order valence-electron chi connectivity index (χ0n) is 26.3. The van der Waals surface area contributed by atoms with E-state index in [4.69, 9.17) is 0 Å². The molecule has 0 unspecified atom stereocenters. The average molecular weight is 667 g/mol. The summed E-state index contributed by atoms with van der Waals surface area (Å²) in [5.74, 6) is -0.744. The largest absolute Gasteiger partial charge is 1.00 e. The fraction of sp³-hybridized carbons (Fsp3) is 0.400. The predicted molar refractivity (Wildman–Crippen MR) is 166 cm³/mol. The van der Waals surface area contributed by atoms with Crippen molar-refractivity contribution in [1.29, 1.82) is 0 Å². The van der Waals surface area contributed by atoms with Gasteiger partial charge in [-0.3, -0.25) is 0 Å². The van der Waals surface area contributed by atoms with E-state index in [9.17, 15) is 26.3 Å². The molecule has 0 radical (unpaired) electrons. The summed E-state index contributed by atoms with van der Waals surface area (Å²) < 4.78 is 85.1. The summed E-state index contributed by atoms with van der Waals surface area (Å²) in [6, 6.07) is 22.0. The molecular weight excluding hydrogens is 626 g/mol. The van der Waals surface area contributed by atoms with Crippen LogP contribution in [-0.2, 0) is 17.1 Å². The van der Waals surface area contributed by atoms with Crippen LogP contribution in [0.3, 0.4) is 0 Å². The van der Waals surface area contributed by atoms with Gasteiger partial charge in [-0.1, -0.05) is 145 Å². The van der Waals surface area contributed by atoms with Crippen molar-refractivity contribution in [3.05, 3.63) is 112 Å². The minimum absolute atomic E-state index is 0. The minimum Gasteiger partial charge on any atom is -0.654 e. The number of allylic oxidation sites excluding steroid dienone is 2. The molecule has 0 aliphatic carbocycles. The molecule has 0 amide bonds. The smallest absolute Gasteiger partial charge is 0.654 e. The SMILES string of the molecule is CC(C)c1cccc(C(C)C)c1N=C(/C=C(\[N-]c1c(C(C)C)cccc1C(C)C)C(F)(F)F)C(F)(F)F.[Cu+].c1ccccc1. The molecule has 0 aliphatic rings. The topological polar surface area (TPSA) is 26.5 Å². The maximum absolute atomic E-state index is 14.2. The molecule has 0 N–H and O–H groups in total. The van der Waals surface area contributed by atoms with Gasteiger partial charge in [0.15, 0.2) is 0 Å². The zero-order valence-corrected chi connectivity index (χ0v) is 27.2. The van der Waals surface area contributed by atoms with Gasteiger partial charge in [0.2, 0.25) is 0 Å². The van der Waals surface area contributed by atoms with E-state index in [-0.39, 0.29) is 58.2 Å². The molecule has 0 atom stereocenters. The number of hydrogen-bond donors (Lipinski definition) is 0.